The fourth-order valence-electron chi connectivity index (χ4n) is 1.94. The fraction of sp³-hybridized carbons (Fsp3) is 0.250. The highest BCUT2D eigenvalue weighted by Crippen LogP contribution is 2.42. The van der Waals surface area contributed by atoms with E-state index in [0.29, 0.717) is 12.3 Å². The lowest BCUT2D eigenvalue weighted by Crippen LogP contribution is -2.42. The van der Waals surface area contributed by atoms with Crippen LogP contribution in [-0.2, 0) is 0 Å². The number of Topliss-reactive ketones (excluding diaryl/α,β-unsaturated/α-hetero) is 1. The highest BCUT2D eigenvalue weighted by atomic mass is 19.4. The normalized spacial score (nSPS) is 13.1. The van der Waals surface area contributed by atoms with E-state index in [2.05, 4.69) is 4.98 Å². The van der Waals surface area contributed by atoms with Crippen molar-refractivity contribution < 1.29 is 35.5 Å². The van der Waals surface area contributed by atoms with Gasteiger partial charge in [0.1, 0.15) is 5.82 Å². The molecule has 0 aliphatic carbocycles. The van der Waals surface area contributed by atoms with Crippen LogP contribution in [0.4, 0.5) is 30.7 Å². The van der Waals surface area contributed by atoms with Crippen LogP contribution in [0.3, 0.4) is 0 Å². The van der Waals surface area contributed by atoms with Crippen LogP contribution in [0.25, 0.3) is 10.9 Å². The molecule has 0 spiro atoms. The molecule has 2 aromatic rings. The average molecular weight is 313 g/mol. The van der Waals surface area contributed by atoms with Crippen molar-refractivity contribution in [2.75, 3.05) is 0 Å². The third-order valence-electron chi connectivity index (χ3n) is 2.83. The van der Waals surface area contributed by atoms with E-state index in [1.165, 1.54) is 0 Å². The van der Waals surface area contributed by atoms with E-state index in [-0.39, 0.29) is 10.9 Å². The molecule has 1 N–H and O–H groups in total. The van der Waals surface area contributed by atoms with Crippen molar-refractivity contribution in [2.45, 2.75) is 12.4 Å². The number of carbonyl (C=O) groups excluding carboxylic acids is 1. The lowest BCUT2D eigenvalue weighted by molar-refractivity contribution is -0.264. The molecule has 0 amide bonds. The van der Waals surface area contributed by atoms with E-state index in [1.54, 1.807) is 0 Å². The van der Waals surface area contributed by atoms with Crippen molar-refractivity contribution in [3.8, 4) is 0 Å². The second-order valence-corrected chi connectivity index (χ2v) is 4.27. The van der Waals surface area contributed by atoms with Gasteiger partial charge in [-0.1, -0.05) is 0 Å². The van der Waals surface area contributed by atoms with Crippen molar-refractivity contribution >= 4 is 16.7 Å². The lowest BCUT2D eigenvalue weighted by atomic mass is 9.96. The predicted octanol–water partition coefficient (Wildman–Crippen LogP) is 4.23. The number of nitrogens with one attached hydrogen (secondary N) is 1. The van der Waals surface area contributed by atoms with Gasteiger partial charge in [0.15, 0.2) is 5.78 Å². The molecule has 1 heterocycles. The summed E-state index contributed by atoms with van der Waals surface area (Å²) in [7, 11) is 0. The predicted molar refractivity (Wildman–Crippen MR) is 58.2 cm³/mol. The van der Waals surface area contributed by atoms with E-state index < -0.39 is 35.4 Å². The Balaban J connectivity index is 2.57. The number of benzene rings is 1. The quantitative estimate of drug-likeness (QED) is 0.653. The van der Waals surface area contributed by atoms with Crippen molar-refractivity contribution in [2.24, 2.45) is 5.92 Å². The number of alkyl halides is 6. The number of carbonyl (C=O) groups is 1. The summed E-state index contributed by atoms with van der Waals surface area (Å²) >= 11 is 0. The second kappa shape index (κ2) is 4.74. The van der Waals surface area contributed by atoms with Gasteiger partial charge in [-0.2, -0.15) is 26.3 Å². The third-order valence-corrected chi connectivity index (χ3v) is 2.83. The maximum atomic E-state index is 13.1. The first kappa shape index (κ1) is 15.3. The minimum Gasteiger partial charge on any atom is -0.360 e. The maximum absolute atomic E-state index is 13.1. The van der Waals surface area contributed by atoms with E-state index in [9.17, 15) is 35.5 Å². The van der Waals surface area contributed by atoms with Crippen molar-refractivity contribution in [1.82, 2.24) is 4.98 Å². The first-order valence-electron chi connectivity index (χ1n) is 5.46. The minimum atomic E-state index is -5.79. The van der Waals surface area contributed by atoms with Gasteiger partial charge in [0, 0.05) is 22.7 Å². The van der Waals surface area contributed by atoms with Crippen LogP contribution in [0.2, 0.25) is 0 Å². The number of fused-ring (bicyclic) bond motifs is 1. The zero-order valence-corrected chi connectivity index (χ0v) is 9.94. The number of rotatable bonds is 2. The molecule has 114 valence electrons. The average Bonchev–Trinajstić information content (AvgIpc) is 2.67. The Morgan fingerprint density at radius 1 is 1.05 bits per heavy atom. The summed E-state index contributed by atoms with van der Waals surface area (Å²) in [5.74, 6) is -7.20. The van der Waals surface area contributed by atoms with Gasteiger partial charge >= 0.3 is 12.4 Å². The monoisotopic (exact) mass is 313 g/mol. The summed E-state index contributed by atoms with van der Waals surface area (Å²) in [6.07, 6.45) is -10.9. The lowest BCUT2D eigenvalue weighted by Gasteiger charge is -2.21. The van der Waals surface area contributed by atoms with Gasteiger partial charge in [-0.3, -0.25) is 4.79 Å². The fourth-order valence-corrected chi connectivity index (χ4v) is 1.94. The third kappa shape index (κ3) is 2.86. The molecule has 1 aromatic carbocycles. The number of hydrogen-bond acceptors (Lipinski definition) is 1. The van der Waals surface area contributed by atoms with Gasteiger partial charge in [0.05, 0.1) is 0 Å². The summed E-state index contributed by atoms with van der Waals surface area (Å²) in [5, 5.41) is -0.335. The molecule has 21 heavy (non-hydrogen) atoms. The van der Waals surface area contributed by atoms with Gasteiger partial charge in [-0.15, -0.1) is 0 Å². The number of H-pyrrole nitrogens is 1. The number of aromatic amines is 1. The second-order valence-electron chi connectivity index (χ2n) is 4.27. The van der Waals surface area contributed by atoms with Crippen LogP contribution in [0.15, 0.2) is 24.4 Å². The Bertz CT molecular complexity index is 669. The summed E-state index contributed by atoms with van der Waals surface area (Å²) in [6.45, 7) is 0. The molecule has 0 aliphatic heterocycles. The van der Waals surface area contributed by atoms with E-state index in [1.807, 2.05) is 0 Å². The van der Waals surface area contributed by atoms with Crippen LogP contribution in [0.1, 0.15) is 10.4 Å². The Labute approximate surface area is 112 Å². The summed E-state index contributed by atoms with van der Waals surface area (Å²) in [4.78, 5) is 14.0. The molecule has 0 fully saturated rings. The Morgan fingerprint density at radius 3 is 2.14 bits per heavy atom. The van der Waals surface area contributed by atoms with Crippen molar-refractivity contribution in [3.05, 3.63) is 35.8 Å². The van der Waals surface area contributed by atoms with Crippen molar-refractivity contribution in [3.63, 3.8) is 0 Å². The topological polar surface area (TPSA) is 32.9 Å². The Kier molecular flexibility index (Phi) is 3.46. The van der Waals surface area contributed by atoms with E-state index >= 15 is 0 Å². The molecule has 0 radical (unpaired) electrons. The SMILES string of the molecule is O=C(c1c[nH]c2ccc(F)cc12)C(C(F)(F)F)C(F)(F)F. The van der Waals surface area contributed by atoms with Crippen LogP contribution >= 0.6 is 0 Å². The minimum absolute atomic E-state index is 0.0582. The van der Waals surface area contributed by atoms with Crippen LogP contribution in [-0.4, -0.2) is 23.1 Å². The standard InChI is InChI=1S/C12H6F7NO/c13-5-1-2-8-6(3-5)7(4-20-8)9(21)10(11(14,15)16)12(17,18)19/h1-4,10,20H. The molecular formula is C12H6F7NO. The van der Waals surface area contributed by atoms with Crippen LogP contribution in [0.5, 0.6) is 0 Å². The molecule has 1 aromatic heterocycles. The number of halogens is 7. The maximum Gasteiger partial charge on any atom is 0.407 e. The first-order valence-corrected chi connectivity index (χ1v) is 5.46. The van der Waals surface area contributed by atoms with E-state index in [4.69, 9.17) is 0 Å². The van der Waals surface area contributed by atoms with E-state index in [0.717, 1.165) is 12.1 Å². The Hall–Kier alpha value is -2.06. The molecule has 2 nitrogen and oxygen atoms in total. The smallest absolute Gasteiger partial charge is 0.360 e. The highest BCUT2D eigenvalue weighted by molar-refractivity contribution is 6.09. The molecule has 0 aliphatic rings. The Morgan fingerprint density at radius 2 is 1.62 bits per heavy atom. The molecule has 0 unspecified atom stereocenters. The van der Waals surface area contributed by atoms with Gasteiger partial charge in [-0.05, 0) is 18.2 Å². The molecule has 9 heteroatoms. The van der Waals surface area contributed by atoms with Gasteiger partial charge < -0.3 is 4.98 Å². The van der Waals surface area contributed by atoms with Crippen LogP contribution in [0, 0.1) is 11.7 Å². The largest absolute Gasteiger partial charge is 0.407 e. The van der Waals surface area contributed by atoms with Crippen molar-refractivity contribution in [1.29, 1.82) is 0 Å². The van der Waals surface area contributed by atoms with Gasteiger partial charge in [0.2, 0.25) is 5.92 Å². The van der Waals surface area contributed by atoms with Gasteiger partial charge in [-0.25, -0.2) is 4.39 Å². The zero-order chi connectivity index (χ0) is 16.0. The number of hydrogen-bond donors (Lipinski definition) is 1. The first-order chi connectivity index (χ1) is 9.51. The molecule has 2 rings (SSSR count). The zero-order valence-electron chi connectivity index (χ0n) is 9.94. The molecule has 0 saturated carbocycles. The molecule has 0 saturated heterocycles. The molecule has 0 atom stereocenters. The number of aromatic nitrogens is 1. The summed E-state index contributed by atoms with van der Waals surface area (Å²) < 4.78 is 88.1. The summed E-state index contributed by atoms with van der Waals surface area (Å²) in [5.41, 5.74) is -0.799. The number of ketones is 1. The molecular weight excluding hydrogens is 307 g/mol. The summed E-state index contributed by atoms with van der Waals surface area (Å²) in [6, 6.07) is 2.76. The van der Waals surface area contributed by atoms with Gasteiger partial charge in [0.25, 0.3) is 0 Å². The highest BCUT2D eigenvalue weighted by Gasteiger charge is 2.61. The van der Waals surface area contributed by atoms with Crippen LogP contribution < -0.4 is 0 Å². The molecule has 0 bridgehead atoms.